The lowest BCUT2D eigenvalue weighted by atomic mass is 10.1. The molecule has 2 N–H and O–H groups in total. The molecule has 0 spiro atoms. The van der Waals surface area contributed by atoms with Crippen LogP contribution in [0.25, 0.3) is 0 Å². The third kappa shape index (κ3) is 5.74. The summed E-state index contributed by atoms with van der Waals surface area (Å²) in [6.45, 7) is 2.10. The van der Waals surface area contributed by atoms with Crippen LogP contribution >= 0.6 is 0 Å². The summed E-state index contributed by atoms with van der Waals surface area (Å²) in [5.74, 6) is -0.302. The second kappa shape index (κ2) is 8.16. The minimum absolute atomic E-state index is 0.260. The fourth-order valence-electron chi connectivity index (χ4n) is 2.22. The number of piperidine rings is 1. The van der Waals surface area contributed by atoms with E-state index in [0.29, 0.717) is 0 Å². The molecule has 0 bridgehead atoms. The first-order chi connectivity index (χ1) is 10.2. The van der Waals surface area contributed by atoms with Gasteiger partial charge >= 0.3 is 6.03 Å². The maximum atomic E-state index is 11.7. The van der Waals surface area contributed by atoms with E-state index in [4.69, 9.17) is 0 Å². The van der Waals surface area contributed by atoms with Crippen LogP contribution in [0.15, 0.2) is 35.4 Å². The molecule has 1 aromatic carbocycles. The molecular weight excluding hydrogens is 268 g/mol. The topological polar surface area (TPSA) is 73.8 Å². The predicted octanol–water partition coefficient (Wildman–Crippen LogP) is 1.33. The van der Waals surface area contributed by atoms with Gasteiger partial charge in [-0.2, -0.15) is 5.10 Å². The average Bonchev–Trinajstić information content (AvgIpc) is 2.49. The van der Waals surface area contributed by atoms with Crippen LogP contribution in [0.1, 0.15) is 24.8 Å². The highest BCUT2D eigenvalue weighted by Crippen LogP contribution is 2.07. The number of likely N-dealkylation sites (tertiary alicyclic amines) is 1. The number of benzene rings is 1. The van der Waals surface area contributed by atoms with Gasteiger partial charge < -0.3 is 0 Å². The van der Waals surface area contributed by atoms with E-state index in [1.54, 1.807) is 0 Å². The summed E-state index contributed by atoms with van der Waals surface area (Å²) >= 11 is 0. The third-order valence-electron chi connectivity index (χ3n) is 3.25. The zero-order valence-electron chi connectivity index (χ0n) is 11.9. The van der Waals surface area contributed by atoms with Crippen LogP contribution in [-0.4, -0.2) is 42.7 Å². The van der Waals surface area contributed by atoms with E-state index in [-0.39, 0.29) is 12.5 Å². The number of hydrogen-bond donors (Lipinski definition) is 2. The highest BCUT2D eigenvalue weighted by atomic mass is 16.2. The Hall–Kier alpha value is -2.21. The molecule has 0 unspecified atom stereocenters. The number of amides is 3. The standard InChI is InChI=1S/C15H20N4O2/c20-14(12-19-9-5-2-6-10-19)17-15(21)18-16-11-13-7-3-1-4-8-13/h1,3-4,7-8,11H,2,5-6,9-10,12H2,(H2,17,18,20,21)/b16-11+. The molecule has 3 amide bonds. The highest BCUT2D eigenvalue weighted by Gasteiger charge is 2.15. The molecule has 0 atom stereocenters. The van der Waals surface area contributed by atoms with Crippen LogP contribution in [0, 0.1) is 0 Å². The Morgan fingerprint density at radius 2 is 1.86 bits per heavy atom. The Labute approximate surface area is 124 Å². The van der Waals surface area contributed by atoms with Crippen LogP contribution in [-0.2, 0) is 4.79 Å². The van der Waals surface area contributed by atoms with Crippen molar-refractivity contribution in [3.05, 3.63) is 35.9 Å². The number of imide groups is 1. The molecule has 2 rings (SSSR count). The monoisotopic (exact) mass is 288 g/mol. The van der Waals surface area contributed by atoms with Crippen molar-refractivity contribution in [2.75, 3.05) is 19.6 Å². The average molecular weight is 288 g/mol. The molecule has 1 aliphatic heterocycles. The molecule has 6 heteroatoms. The number of carbonyl (C=O) groups excluding carboxylic acids is 2. The molecule has 0 aromatic heterocycles. The summed E-state index contributed by atoms with van der Waals surface area (Å²) in [6.07, 6.45) is 4.96. The zero-order valence-corrected chi connectivity index (χ0v) is 11.9. The fraction of sp³-hybridized carbons (Fsp3) is 0.400. The van der Waals surface area contributed by atoms with E-state index < -0.39 is 6.03 Å². The minimum atomic E-state index is -0.607. The summed E-state index contributed by atoms with van der Waals surface area (Å²) in [5, 5.41) is 6.06. The van der Waals surface area contributed by atoms with Gasteiger partial charge in [0.1, 0.15) is 0 Å². The Balaban J connectivity index is 1.69. The summed E-state index contributed by atoms with van der Waals surface area (Å²) in [7, 11) is 0. The van der Waals surface area contributed by atoms with Crippen molar-refractivity contribution in [2.45, 2.75) is 19.3 Å². The van der Waals surface area contributed by atoms with Gasteiger partial charge in [-0.25, -0.2) is 10.2 Å². The van der Waals surface area contributed by atoms with Crippen LogP contribution in [0.5, 0.6) is 0 Å². The summed E-state index contributed by atoms with van der Waals surface area (Å²) in [4.78, 5) is 25.3. The molecule has 1 aromatic rings. The second-order valence-corrected chi connectivity index (χ2v) is 4.99. The van der Waals surface area contributed by atoms with Crippen molar-refractivity contribution in [2.24, 2.45) is 5.10 Å². The Bertz CT molecular complexity index is 496. The van der Waals surface area contributed by atoms with Crippen molar-refractivity contribution in [1.82, 2.24) is 15.6 Å². The van der Waals surface area contributed by atoms with E-state index >= 15 is 0 Å². The Morgan fingerprint density at radius 3 is 2.57 bits per heavy atom. The van der Waals surface area contributed by atoms with Crippen molar-refractivity contribution < 1.29 is 9.59 Å². The van der Waals surface area contributed by atoms with Gasteiger partial charge in [-0.05, 0) is 31.5 Å². The Morgan fingerprint density at radius 1 is 1.14 bits per heavy atom. The lowest BCUT2D eigenvalue weighted by Gasteiger charge is -2.25. The van der Waals surface area contributed by atoms with Crippen molar-refractivity contribution >= 4 is 18.2 Å². The van der Waals surface area contributed by atoms with Gasteiger partial charge in [-0.3, -0.25) is 15.0 Å². The second-order valence-electron chi connectivity index (χ2n) is 4.99. The number of hydrogen-bond acceptors (Lipinski definition) is 4. The van der Waals surface area contributed by atoms with Crippen LogP contribution in [0.4, 0.5) is 4.79 Å². The van der Waals surface area contributed by atoms with Gasteiger partial charge in [-0.15, -0.1) is 0 Å². The van der Waals surface area contributed by atoms with E-state index in [2.05, 4.69) is 20.7 Å². The smallest absolute Gasteiger partial charge is 0.295 e. The molecule has 21 heavy (non-hydrogen) atoms. The first-order valence-corrected chi connectivity index (χ1v) is 7.14. The zero-order chi connectivity index (χ0) is 14.9. The Kier molecular flexibility index (Phi) is 5.90. The summed E-state index contributed by atoms with van der Waals surface area (Å²) in [6, 6.07) is 8.78. The maximum absolute atomic E-state index is 11.7. The van der Waals surface area contributed by atoms with E-state index in [1.165, 1.54) is 12.6 Å². The molecule has 1 fully saturated rings. The van der Waals surface area contributed by atoms with Crippen molar-refractivity contribution in [1.29, 1.82) is 0 Å². The van der Waals surface area contributed by atoms with Crippen LogP contribution in [0.3, 0.4) is 0 Å². The molecular formula is C15H20N4O2. The molecule has 1 aliphatic rings. The van der Waals surface area contributed by atoms with Gasteiger partial charge in [0.15, 0.2) is 0 Å². The number of hydrazone groups is 1. The van der Waals surface area contributed by atoms with E-state index in [1.807, 2.05) is 30.3 Å². The highest BCUT2D eigenvalue weighted by molar-refractivity contribution is 5.95. The molecule has 1 heterocycles. The van der Waals surface area contributed by atoms with Crippen molar-refractivity contribution in [3.8, 4) is 0 Å². The van der Waals surface area contributed by atoms with Gasteiger partial charge in [0.25, 0.3) is 0 Å². The maximum Gasteiger partial charge on any atom is 0.341 e. The predicted molar refractivity (Wildman–Crippen MR) is 81.0 cm³/mol. The molecule has 112 valence electrons. The SMILES string of the molecule is O=C(CN1CCCCC1)NC(=O)N/N=C/c1ccccc1. The van der Waals surface area contributed by atoms with Gasteiger partial charge in [-0.1, -0.05) is 36.8 Å². The minimum Gasteiger partial charge on any atom is -0.295 e. The van der Waals surface area contributed by atoms with Crippen LogP contribution < -0.4 is 10.7 Å². The largest absolute Gasteiger partial charge is 0.341 e. The number of nitrogens with one attached hydrogen (secondary N) is 2. The fourth-order valence-corrected chi connectivity index (χ4v) is 2.22. The molecule has 0 aliphatic carbocycles. The van der Waals surface area contributed by atoms with Crippen LogP contribution in [0.2, 0.25) is 0 Å². The number of rotatable bonds is 4. The van der Waals surface area contributed by atoms with E-state index in [0.717, 1.165) is 31.5 Å². The normalized spacial score (nSPS) is 15.8. The summed E-state index contributed by atoms with van der Waals surface area (Å²) < 4.78 is 0. The summed E-state index contributed by atoms with van der Waals surface area (Å²) in [5.41, 5.74) is 3.15. The quantitative estimate of drug-likeness (QED) is 0.648. The number of urea groups is 1. The van der Waals surface area contributed by atoms with Gasteiger partial charge in [0.05, 0.1) is 12.8 Å². The first-order valence-electron chi connectivity index (χ1n) is 7.14. The van der Waals surface area contributed by atoms with Gasteiger partial charge in [0.2, 0.25) is 5.91 Å². The molecule has 0 saturated carbocycles. The lowest BCUT2D eigenvalue weighted by Crippen LogP contribution is -2.44. The first kappa shape index (κ1) is 15.2. The molecule has 0 radical (unpaired) electrons. The molecule has 1 saturated heterocycles. The third-order valence-corrected chi connectivity index (χ3v) is 3.25. The van der Waals surface area contributed by atoms with Crippen molar-refractivity contribution in [3.63, 3.8) is 0 Å². The van der Waals surface area contributed by atoms with Gasteiger partial charge in [0, 0.05) is 0 Å². The lowest BCUT2D eigenvalue weighted by molar-refractivity contribution is -0.121. The number of nitrogens with zero attached hydrogens (tertiary/aromatic N) is 2. The van der Waals surface area contributed by atoms with E-state index in [9.17, 15) is 9.59 Å². The number of carbonyl (C=O) groups is 2. The molecule has 6 nitrogen and oxygen atoms in total.